The average molecular weight is 366 g/mol. The third-order valence-electron chi connectivity index (χ3n) is 4.00. The van der Waals surface area contributed by atoms with Crippen LogP contribution in [0.15, 0.2) is 53.9 Å². The van der Waals surface area contributed by atoms with Gasteiger partial charge in [0.25, 0.3) is 0 Å². The number of amides is 1. The predicted molar refractivity (Wildman–Crippen MR) is 110 cm³/mol. The van der Waals surface area contributed by atoms with Crippen LogP contribution in [0.3, 0.4) is 0 Å². The highest BCUT2D eigenvalue weighted by Crippen LogP contribution is 2.28. The van der Waals surface area contributed by atoms with Gasteiger partial charge in [-0.05, 0) is 43.2 Å². The van der Waals surface area contributed by atoms with E-state index in [1.54, 1.807) is 11.3 Å². The summed E-state index contributed by atoms with van der Waals surface area (Å²) in [6.07, 6.45) is 2.51. The molecular weight excluding hydrogens is 342 g/mol. The zero-order valence-corrected chi connectivity index (χ0v) is 15.9. The Kier molecular flexibility index (Phi) is 6.02. The second kappa shape index (κ2) is 8.63. The Morgan fingerprint density at radius 3 is 2.65 bits per heavy atom. The molecule has 2 aromatic carbocycles. The van der Waals surface area contributed by atoms with Crippen molar-refractivity contribution in [2.75, 3.05) is 10.6 Å². The molecule has 0 bridgehead atoms. The zero-order valence-electron chi connectivity index (χ0n) is 15.1. The first-order valence-corrected chi connectivity index (χ1v) is 9.71. The van der Waals surface area contributed by atoms with Gasteiger partial charge in [0.05, 0.1) is 5.69 Å². The van der Waals surface area contributed by atoms with Crippen molar-refractivity contribution in [2.45, 2.75) is 33.1 Å². The van der Waals surface area contributed by atoms with E-state index >= 15 is 0 Å². The molecule has 2 N–H and O–H groups in total. The first-order valence-electron chi connectivity index (χ1n) is 8.83. The van der Waals surface area contributed by atoms with Gasteiger partial charge < -0.3 is 10.6 Å². The number of hydrogen-bond donors (Lipinski definition) is 2. The van der Waals surface area contributed by atoms with E-state index in [2.05, 4.69) is 41.6 Å². The average Bonchev–Trinajstić information content (AvgIpc) is 3.09. The third kappa shape index (κ3) is 4.92. The Balaban J connectivity index is 1.64. The van der Waals surface area contributed by atoms with Gasteiger partial charge in [-0.1, -0.05) is 37.6 Å². The summed E-state index contributed by atoms with van der Waals surface area (Å²) >= 11 is 1.58. The van der Waals surface area contributed by atoms with Crippen LogP contribution in [0.1, 0.15) is 31.7 Å². The third-order valence-corrected chi connectivity index (χ3v) is 4.75. The van der Waals surface area contributed by atoms with Crippen molar-refractivity contribution in [3.05, 3.63) is 59.5 Å². The van der Waals surface area contributed by atoms with E-state index in [0.29, 0.717) is 6.42 Å². The van der Waals surface area contributed by atoms with Gasteiger partial charge >= 0.3 is 0 Å². The summed E-state index contributed by atoms with van der Waals surface area (Å²) in [5.41, 5.74) is 5.03. The van der Waals surface area contributed by atoms with E-state index in [4.69, 9.17) is 0 Å². The Hall–Kier alpha value is -2.66. The highest BCUT2D eigenvalue weighted by Gasteiger charge is 2.06. The molecule has 3 aromatic rings. The molecule has 0 spiro atoms. The molecule has 0 aliphatic carbocycles. The summed E-state index contributed by atoms with van der Waals surface area (Å²) in [7, 11) is 0. The van der Waals surface area contributed by atoms with Crippen molar-refractivity contribution in [3.8, 4) is 11.3 Å². The van der Waals surface area contributed by atoms with Crippen LogP contribution in [0, 0.1) is 6.92 Å². The number of benzene rings is 2. The van der Waals surface area contributed by atoms with Crippen molar-refractivity contribution in [1.29, 1.82) is 0 Å². The summed E-state index contributed by atoms with van der Waals surface area (Å²) in [6, 6.07) is 16.0. The highest BCUT2D eigenvalue weighted by molar-refractivity contribution is 7.14. The minimum absolute atomic E-state index is 0.0675. The van der Waals surface area contributed by atoms with E-state index in [0.717, 1.165) is 40.6 Å². The molecular formula is C21H23N3OS. The standard InChI is InChI=1S/C21H23N3OS/c1-3-4-8-20(25)22-17-11-9-16(10-12-17)19-14-26-21(24-19)23-18-7-5-6-15(2)13-18/h5-7,9-14H,3-4,8H2,1-2H3,(H,22,25)(H,23,24). The molecule has 0 aliphatic heterocycles. The Labute approximate surface area is 158 Å². The zero-order chi connectivity index (χ0) is 18.4. The van der Waals surface area contributed by atoms with Crippen molar-refractivity contribution in [3.63, 3.8) is 0 Å². The van der Waals surface area contributed by atoms with Crippen molar-refractivity contribution >= 4 is 33.8 Å². The van der Waals surface area contributed by atoms with Crippen LogP contribution < -0.4 is 10.6 Å². The van der Waals surface area contributed by atoms with Crippen LogP contribution in [0.2, 0.25) is 0 Å². The second-order valence-corrected chi connectivity index (χ2v) is 7.12. The number of aryl methyl sites for hydroxylation is 1. The minimum Gasteiger partial charge on any atom is -0.332 e. The normalized spacial score (nSPS) is 10.5. The summed E-state index contributed by atoms with van der Waals surface area (Å²) in [6.45, 7) is 4.15. The van der Waals surface area contributed by atoms with E-state index in [9.17, 15) is 4.79 Å². The van der Waals surface area contributed by atoms with E-state index in [1.807, 2.05) is 41.8 Å². The van der Waals surface area contributed by atoms with E-state index < -0.39 is 0 Å². The van der Waals surface area contributed by atoms with E-state index in [1.165, 1.54) is 5.56 Å². The fraction of sp³-hybridized carbons (Fsp3) is 0.238. The van der Waals surface area contributed by atoms with Crippen LogP contribution in [0.25, 0.3) is 11.3 Å². The maximum atomic E-state index is 11.8. The predicted octanol–water partition coefficient (Wildman–Crippen LogP) is 5.99. The molecule has 1 heterocycles. The topological polar surface area (TPSA) is 54.0 Å². The molecule has 1 amide bonds. The lowest BCUT2D eigenvalue weighted by atomic mass is 10.1. The van der Waals surface area contributed by atoms with Crippen LogP contribution >= 0.6 is 11.3 Å². The SMILES string of the molecule is CCCCC(=O)Nc1ccc(-c2csc(Nc3cccc(C)c3)n2)cc1. The largest absolute Gasteiger partial charge is 0.332 e. The molecule has 1 aromatic heterocycles. The maximum absolute atomic E-state index is 11.8. The Bertz CT molecular complexity index is 871. The molecule has 0 fully saturated rings. The molecule has 134 valence electrons. The number of carbonyl (C=O) groups is 1. The molecule has 0 saturated carbocycles. The monoisotopic (exact) mass is 365 g/mol. The summed E-state index contributed by atoms with van der Waals surface area (Å²) in [5.74, 6) is 0.0675. The number of carbonyl (C=O) groups excluding carboxylic acids is 1. The molecule has 0 aliphatic rings. The fourth-order valence-corrected chi connectivity index (χ4v) is 3.34. The summed E-state index contributed by atoms with van der Waals surface area (Å²) in [4.78, 5) is 16.5. The molecule has 0 saturated heterocycles. The number of thiazole rings is 1. The lowest BCUT2D eigenvalue weighted by Crippen LogP contribution is -2.10. The number of hydrogen-bond acceptors (Lipinski definition) is 4. The quantitative estimate of drug-likeness (QED) is 0.540. The first kappa shape index (κ1) is 18.1. The molecule has 4 nitrogen and oxygen atoms in total. The van der Waals surface area contributed by atoms with Gasteiger partial charge in [-0.15, -0.1) is 11.3 Å². The Morgan fingerprint density at radius 1 is 1.12 bits per heavy atom. The smallest absolute Gasteiger partial charge is 0.224 e. The fourth-order valence-electron chi connectivity index (χ4n) is 2.60. The number of aromatic nitrogens is 1. The number of anilines is 3. The second-order valence-electron chi connectivity index (χ2n) is 6.26. The number of unbranched alkanes of at least 4 members (excludes halogenated alkanes) is 1. The van der Waals surface area contributed by atoms with Gasteiger partial charge in [-0.2, -0.15) is 0 Å². The first-order chi connectivity index (χ1) is 12.6. The van der Waals surface area contributed by atoms with Gasteiger partial charge in [0.2, 0.25) is 5.91 Å². The van der Waals surface area contributed by atoms with Crippen molar-refractivity contribution < 1.29 is 4.79 Å². The van der Waals surface area contributed by atoms with Gasteiger partial charge in [0.15, 0.2) is 5.13 Å². The minimum atomic E-state index is 0.0675. The molecule has 0 atom stereocenters. The van der Waals surface area contributed by atoms with Crippen LogP contribution in [-0.4, -0.2) is 10.9 Å². The van der Waals surface area contributed by atoms with Crippen LogP contribution in [0.5, 0.6) is 0 Å². The molecule has 26 heavy (non-hydrogen) atoms. The van der Waals surface area contributed by atoms with E-state index in [-0.39, 0.29) is 5.91 Å². The summed E-state index contributed by atoms with van der Waals surface area (Å²) in [5, 5.41) is 9.17. The lowest BCUT2D eigenvalue weighted by Gasteiger charge is -2.05. The molecule has 0 radical (unpaired) electrons. The van der Waals surface area contributed by atoms with Gasteiger partial charge in [0.1, 0.15) is 0 Å². The molecule has 3 rings (SSSR count). The molecule has 5 heteroatoms. The molecule has 0 unspecified atom stereocenters. The van der Waals surface area contributed by atoms with Gasteiger partial charge in [-0.3, -0.25) is 4.79 Å². The lowest BCUT2D eigenvalue weighted by molar-refractivity contribution is -0.116. The van der Waals surface area contributed by atoms with Crippen molar-refractivity contribution in [1.82, 2.24) is 4.98 Å². The summed E-state index contributed by atoms with van der Waals surface area (Å²) < 4.78 is 0. The number of nitrogens with one attached hydrogen (secondary N) is 2. The highest BCUT2D eigenvalue weighted by atomic mass is 32.1. The van der Waals surface area contributed by atoms with Crippen molar-refractivity contribution in [2.24, 2.45) is 0 Å². The Morgan fingerprint density at radius 2 is 1.92 bits per heavy atom. The van der Waals surface area contributed by atoms with Crippen LogP contribution in [-0.2, 0) is 4.79 Å². The number of nitrogens with zero attached hydrogens (tertiary/aromatic N) is 1. The maximum Gasteiger partial charge on any atom is 0.224 e. The van der Waals surface area contributed by atoms with Crippen LogP contribution in [0.4, 0.5) is 16.5 Å². The number of rotatable bonds is 7. The van der Waals surface area contributed by atoms with Gasteiger partial charge in [0, 0.05) is 28.7 Å². The van der Waals surface area contributed by atoms with Gasteiger partial charge in [-0.25, -0.2) is 4.98 Å².